The van der Waals surface area contributed by atoms with Crippen LogP contribution in [0.4, 0.5) is 0 Å². The summed E-state index contributed by atoms with van der Waals surface area (Å²) >= 11 is 0. The molecular formula is C17H29NO. The van der Waals surface area contributed by atoms with Crippen molar-refractivity contribution in [2.24, 2.45) is 5.92 Å². The molecule has 2 heteroatoms. The van der Waals surface area contributed by atoms with Crippen LogP contribution in [0.5, 0.6) is 0 Å². The highest BCUT2D eigenvalue weighted by Gasteiger charge is 2.23. The van der Waals surface area contributed by atoms with Gasteiger partial charge >= 0.3 is 0 Å². The Morgan fingerprint density at radius 2 is 1.79 bits per heavy atom. The summed E-state index contributed by atoms with van der Waals surface area (Å²) in [6.07, 6.45) is 2.45. The van der Waals surface area contributed by atoms with Gasteiger partial charge in [0.05, 0.1) is 6.10 Å². The van der Waals surface area contributed by atoms with Crippen LogP contribution < -0.4 is 5.32 Å². The van der Waals surface area contributed by atoms with Crippen LogP contribution in [0.25, 0.3) is 0 Å². The van der Waals surface area contributed by atoms with Gasteiger partial charge in [0.2, 0.25) is 0 Å². The highest BCUT2D eigenvalue weighted by atomic mass is 16.5. The first-order chi connectivity index (χ1) is 9.19. The second-order valence-electron chi connectivity index (χ2n) is 5.48. The Morgan fingerprint density at radius 1 is 1.11 bits per heavy atom. The van der Waals surface area contributed by atoms with E-state index >= 15 is 0 Å². The third-order valence-corrected chi connectivity index (χ3v) is 3.22. The summed E-state index contributed by atoms with van der Waals surface area (Å²) in [5.74, 6) is 0.668. The zero-order chi connectivity index (χ0) is 14.1. The van der Waals surface area contributed by atoms with E-state index in [4.69, 9.17) is 4.74 Å². The molecule has 108 valence electrons. The summed E-state index contributed by atoms with van der Waals surface area (Å²) < 4.78 is 6.03. The Balaban J connectivity index is 2.84. The fourth-order valence-corrected chi connectivity index (χ4v) is 2.42. The minimum atomic E-state index is 0.153. The summed E-state index contributed by atoms with van der Waals surface area (Å²) in [4.78, 5) is 0. The molecule has 0 heterocycles. The standard InChI is InChI=1S/C17H29NO/c1-5-12-18-16(13-14(3)4)17(19-6-2)15-10-8-7-9-11-15/h7-11,14,16-18H,5-6,12-13H2,1-4H3. The van der Waals surface area contributed by atoms with Crippen molar-refractivity contribution in [3.05, 3.63) is 35.9 Å². The maximum Gasteiger partial charge on any atom is 0.0977 e. The van der Waals surface area contributed by atoms with Crippen molar-refractivity contribution in [3.8, 4) is 0 Å². The fourth-order valence-electron chi connectivity index (χ4n) is 2.42. The van der Waals surface area contributed by atoms with E-state index in [0.29, 0.717) is 12.0 Å². The average molecular weight is 263 g/mol. The molecule has 2 atom stereocenters. The SMILES string of the molecule is CCCNC(CC(C)C)C(OCC)c1ccccc1. The minimum Gasteiger partial charge on any atom is -0.372 e. The Hall–Kier alpha value is -0.860. The van der Waals surface area contributed by atoms with Crippen molar-refractivity contribution in [2.75, 3.05) is 13.2 Å². The first-order valence-corrected chi connectivity index (χ1v) is 7.58. The van der Waals surface area contributed by atoms with Gasteiger partial charge in [-0.25, -0.2) is 0 Å². The van der Waals surface area contributed by atoms with E-state index in [1.54, 1.807) is 0 Å². The number of hydrogen-bond acceptors (Lipinski definition) is 2. The summed E-state index contributed by atoms with van der Waals surface area (Å²) in [5, 5.41) is 3.66. The lowest BCUT2D eigenvalue weighted by molar-refractivity contribution is 0.0276. The molecule has 0 bridgehead atoms. The summed E-state index contributed by atoms with van der Waals surface area (Å²) in [6.45, 7) is 10.6. The molecule has 0 fully saturated rings. The molecule has 0 aromatic heterocycles. The number of ether oxygens (including phenoxy) is 1. The van der Waals surface area contributed by atoms with Crippen LogP contribution in [0.3, 0.4) is 0 Å². The lowest BCUT2D eigenvalue weighted by Gasteiger charge is -2.29. The third kappa shape index (κ3) is 5.75. The van der Waals surface area contributed by atoms with E-state index in [1.165, 1.54) is 5.56 Å². The van der Waals surface area contributed by atoms with Crippen LogP contribution in [0, 0.1) is 5.92 Å². The van der Waals surface area contributed by atoms with E-state index in [2.05, 4.69) is 63.3 Å². The Bertz CT molecular complexity index is 323. The molecule has 1 aromatic rings. The van der Waals surface area contributed by atoms with Crippen molar-refractivity contribution < 1.29 is 4.74 Å². The van der Waals surface area contributed by atoms with Gasteiger partial charge in [-0.3, -0.25) is 0 Å². The number of rotatable bonds is 9. The number of benzene rings is 1. The fraction of sp³-hybridized carbons (Fsp3) is 0.647. The Morgan fingerprint density at radius 3 is 2.32 bits per heavy atom. The van der Waals surface area contributed by atoms with Gasteiger partial charge in [0, 0.05) is 12.6 Å². The van der Waals surface area contributed by atoms with Gasteiger partial charge in [-0.1, -0.05) is 51.1 Å². The van der Waals surface area contributed by atoms with Crippen LogP contribution in [-0.2, 0) is 4.74 Å². The quantitative estimate of drug-likeness (QED) is 0.721. The molecule has 0 amide bonds. The van der Waals surface area contributed by atoms with Gasteiger partial charge in [0.15, 0.2) is 0 Å². The van der Waals surface area contributed by atoms with Crippen LogP contribution in [-0.4, -0.2) is 19.2 Å². The molecule has 0 aliphatic rings. The first-order valence-electron chi connectivity index (χ1n) is 7.58. The Kier molecular flexibility index (Phi) is 7.76. The molecule has 1 rings (SSSR count). The molecule has 1 N–H and O–H groups in total. The molecule has 1 aromatic carbocycles. The van der Waals surface area contributed by atoms with Gasteiger partial charge in [-0.15, -0.1) is 0 Å². The smallest absolute Gasteiger partial charge is 0.0977 e. The predicted molar refractivity (Wildman–Crippen MR) is 82.3 cm³/mol. The maximum absolute atomic E-state index is 6.03. The first kappa shape index (κ1) is 16.2. The Labute approximate surface area is 118 Å². The molecule has 0 saturated carbocycles. The molecule has 0 spiro atoms. The summed E-state index contributed by atoms with van der Waals surface area (Å²) in [7, 11) is 0. The van der Waals surface area contributed by atoms with Crippen LogP contribution in [0.15, 0.2) is 30.3 Å². The van der Waals surface area contributed by atoms with Crippen LogP contribution in [0.1, 0.15) is 52.2 Å². The van der Waals surface area contributed by atoms with Crippen molar-refractivity contribution in [3.63, 3.8) is 0 Å². The van der Waals surface area contributed by atoms with Crippen molar-refractivity contribution in [2.45, 2.75) is 52.7 Å². The topological polar surface area (TPSA) is 21.3 Å². The van der Waals surface area contributed by atoms with E-state index in [9.17, 15) is 0 Å². The molecular weight excluding hydrogens is 234 g/mol. The van der Waals surface area contributed by atoms with Crippen molar-refractivity contribution >= 4 is 0 Å². The van der Waals surface area contributed by atoms with E-state index in [-0.39, 0.29) is 6.10 Å². The zero-order valence-corrected chi connectivity index (χ0v) is 12.9. The van der Waals surface area contributed by atoms with E-state index in [1.807, 2.05) is 0 Å². The number of nitrogens with one attached hydrogen (secondary N) is 1. The minimum absolute atomic E-state index is 0.153. The highest BCUT2D eigenvalue weighted by Crippen LogP contribution is 2.25. The molecule has 0 aliphatic carbocycles. The van der Waals surface area contributed by atoms with Gasteiger partial charge in [0.1, 0.15) is 0 Å². The normalized spacial score (nSPS) is 14.6. The van der Waals surface area contributed by atoms with E-state index in [0.717, 1.165) is 26.0 Å². The van der Waals surface area contributed by atoms with Crippen LogP contribution >= 0.6 is 0 Å². The molecule has 0 radical (unpaired) electrons. The van der Waals surface area contributed by atoms with E-state index < -0.39 is 0 Å². The second-order valence-corrected chi connectivity index (χ2v) is 5.48. The second kappa shape index (κ2) is 9.11. The monoisotopic (exact) mass is 263 g/mol. The van der Waals surface area contributed by atoms with Crippen molar-refractivity contribution in [1.82, 2.24) is 5.32 Å². The molecule has 0 aliphatic heterocycles. The molecule has 2 unspecified atom stereocenters. The predicted octanol–water partition coefficient (Wildman–Crippen LogP) is 4.18. The molecule has 19 heavy (non-hydrogen) atoms. The molecule has 2 nitrogen and oxygen atoms in total. The van der Waals surface area contributed by atoms with Crippen LogP contribution in [0.2, 0.25) is 0 Å². The number of hydrogen-bond donors (Lipinski definition) is 1. The average Bonchev–Trinajstić information content (AvgIpc) is 2.41. The molecule has 0 saturated heterocycles. The lowest BCUT2D eigenvalue weighted by Crippen LogP contribution is -2.38. The summed E-state index contributed by atoms with van der Waals surface area (Å²) in [6, 6.07) is 11.0. The third-order valence-electron chi connectivity index (χ3n) is 3.22. The van der Waals surface area contributed by atoms with Gasteiger partial charge in [-0.05, 0) is 37.8 Å². The summed E-state index contributed by atoms with van der Waals surface area (Å²) in [5.41, 5.74) is 1.28. The maximum atomic E-state index is 6.03. The zero-order valence-electron chi connectivity index (χ0n) is 12.9. The van der Waals surface area contributed by atoms with Gasteiger partial charge < -0.3 is 10.1 Å². The van der Waals surface area contributed by atoms with Gasteiger partial charge in [-0.2, -0.15) is 0 Å². The largest absolute Gasteiger partial charge is 0.372 e. The van der Waals surface area contributed by atoms with Crippen molar-refractivity contribution in [1.29, 1.82) is 0 Å². The lowest BCUT2D eigenvalue weighted by atomic mass is 9.94. The highest BCUT2D eigenvalue weighted by molar-refractivity contribution is 5.19. The van der Waals surface area contributed by atoms with Gasteiger partial charge in [0.25, 0.3) is 0 Å².